The average molecular weight is 417 g/mol. The quantitative estimate of drug-likeness (QED) is 0.758. The van der Waals surface area contributed by atoms with Crippen molar-refractivity contribution in [3.05, 3.63) is 52.9 Å². The smallest absolute Gasteiger partial charge is 0.244 e. The van der Waals surface area contributed by atoms with Crippen LogP contribution >= 0.6 is 0 Å². The minimum atomic E-state index is -3.49. The van der Waals surface area contributed by atoms with E-state index in [0.29, 0.717) is 30.8 Å². The summed E-state index contributed by atoms with van der Waals surface area (Å²) < 4.78 is 28.8. The Morgan fingerprint density at radius 2 is 1.76 bits per heavy atom. The average Bonchev–Trinajstić information content (AvgIpc) is 2.92. The van der Waals surface area contributed by atoms with Crippen molar-refractivity contribution in [3.8, 4) is 0 Å². The van der Waals surface area contributed by atoms with Crippen LogP contribution in [0.4, 0.5) is 0 Å². The molecule has 0 radical (unpaired) electrons. The molecule has 0 unspecified atom stereocenters. The predicted octanol–water partition coefficient (Wildman–Crippen LogP) is 2.33. The van der Waals surface area contributed by atoms with Crippen molar-refractivity contribution in [2.75, 3.05) is 13.1 Å². The second-order valence-corrected chi connectivity index (χ2v) is 9.48. The summed E-state index contributed by atoms with van der Waals surface area (Å²) in [6, 6.07) is 6.86. The molecule has 7 nitrogen and oxygen atoms in total. The molecule has 1 amide bonds. The number of amides is 1. The van der Waals surface area contributed by atoms with Gasteiger partial charge >= 0.3 is 0 Å². The van der Waals surface area contributed by atoms with Gasteiger partial charge in [0.15, 0.2) is 0 Å². The minimum Gasteiger partial charge on any atom is -0.350 e. The van der Waals surface area contributed by atoms with Gasteiger partial charge in [-0.15, -0.1) is 0 Å². The summed E-state index contributed by atoms with van der Waals surface area (Å²) >= 11 is 0. The molecule has 1 saturated heterocycles. The van der Waals surface area contributed by atoms with Crippen LogP contribution in [-0.2, 0) is 21.9 Å². The van der Waals surface area contributed by atoms with Gasteiger partial charge in [-0.25, -0.2) is 8.42 Å². The van der Waals surface area contributed by atoms with Gasteiger partial charge in [-0.3, -0.25) is 9.48 Å². The van der Waals surface area contributed by atoms with E-state index in [9.17, 15) is 13.2 Å². The number of nitrogens with one attached hydrogen (secondary N) is 1. The lowest BCUT2D eigenvalue weighted by Gasteiger charge is -2.31. The topological polar surface area (TPSA) is 84.3 Å². The number of benzene rings is 1. The van der Waals surface area contributed by atoms with Gasteiger partial charge in [-0.05, 0) is 51.8 Å². The van der Waals surface area contributed by atoms with E-state index in [-0.39, 0.29) is 11.9 Å². The Kier molecular flexibility index (Phi) is 6.24. The molecule has 0 bridgehead atoms. The van der Waals surface area contributed by atoms with Crippen molar-refractivity contribution in [3.63, 3.8) is 0 Å². The fourth-order valence-corrected chi connectivity index (χ4v) is 5.01. The molecule has 0 aliphatic carbocycles. The predicted molar refractivity (Wildman–Crippen MR) is 113 cm³/mol. The normalized spacial score (nSPS) is 16.4. The molecule has 1 fully saturated rings. The molecule has 1 N–H and O–H groups in total. The highest BCUT2D eigenvalue weighted by molar-refractivity contribution is 7.89. The summed E-state index contributed by atoms with van der Waals surface area (Å²) in [5.74, 6) is -0.174. The third-order valence-corrected chi connectivity index (χ3v) is 7.34. The molecule has 0 atom stereocenters. The Labute approximate surface area is 172 Å². The number of hydrogen-bond donors (Lipinski definition) is 1. The molecule has 3 rings (SSSR count). The van der Waals surface area contributed by atoms with Crippen LogP contribution in [0.5, 0.6) is 0 Å². The first-order valence-electron chi connectivity index (χ1n) is 9.74. The molecular weight excluding hydrogens is 388 g/mol. The zero-order valence-electron chi connectivity index (χ0n) is 17.3. The van der Waals surface area contributed by atoms with Gasteiger partial charge < -0.3 is 5.32 Å². The Morgan fingerprint density at radius 3 is 2.31 bits per heavy atom. The van der Waals surface area contributed by atoms with E-state index < -0.39 is 10.0 Å². The number of nitrogens with zero attached hydrogens (tertiary/aromatic N) is 3. The molecule has 1 aromatic carbocycles. The molecule has 1 aromatic heterocycles. The van der Waals surface area contributed by atoms with Crippen molar-refractivity contribution in [2.45, 2.75) is 44.6 Å². The van der Waals surface area contributed by atoms with Crippen LogP contribution < -0.4 is 5.32 Å². The van der Waals surface area contributed by atoms with Crippen molar-refractivity contribution >= 4 is 22.0 Å². The first kappa shape index (κ1) is 21.3. The Morgan fingerprint density at radius 1 is 1.14 bits per heavy atom. The van der Waals surface area contributed by atoms with Crippen LogP contribution in [0.15, 0.2) is 35.2 Å². The lowest BCUT2D eigenvalue weighted by Crippen LogP contribution is -2.46. The molecule has 0 saturated carbocycles. The van der Waals surface area contributed by atoms with Gasteiger partial charge in [0.1, 0.15) is 0 Å². The van der Waals surface area contributed by atoms with Crippen LogP contribution in [0.25, 0.3) is 6.08 Å². The van der Waals surface area contributed by atoms with Crippen LogP contribution in [0, 0.1) is 20.8 Å². The number of piperidine rings is 1. The second-order valence-electron chi connectivity index (χ2n) is 7.54. The maximum absolute atomic E-state index is 12.8. The standard InChI is InChI=1S/C21H28N4O3S/c1-15-5-7-19(8-6-15)29(27,28)25-13-11-18(12-14-25)22-21(26)10-9-20-16(2)23-24(4)17(20)3/h5-10,18H,11-14H2,1-4H3,(H,22,26). The molecule has 29 heavy (non-hydrogen) atoms. The number of rotatable bonds is 5. The number of carbonyl (C=O) groups is 1. The maximum Gasteiger partial charge on any atom is 0.244 e. The lowest BCUT2D eigenvalue weighted by molar-refractivity contribution is -0.117. The Balaban J connectivity index is 1.56. The third kappa shape index (κ3) is 4.76. The molecule has 1 aliphatic rings. The molecular formula is C21H28N4O3S. The van der Waals surface area contributed by atoms with E-state index in [1.165, 1.54) is 10.4 Å². The number of carbonyl (C=O) groups excluding carboxylic acids is 1. The molecule has 0 spiro atoms. The highest BCUT2D eigenvalue weighted by Crippen LogP contribution is 2.21. The summed E-state index contributed by atoms with van der Waals surface area (Å²) in [7, 11) is -1.61. The van der Waals surface area contributed by atoms with Gasteiger partial charge in [0.05, 0.1) is 10.6 Å². The van der Waals surface area contributed by atoms with Gasteiger partial charge in [-0.1, -0.05) is 17.7 Å². The van der Waals surface area contributed by atoms with E-state index in [0.717, 1.165) is 22.5 Å². The van der Waals surface area contributed by atoms with Crippen molar-refractivity contribution in [2.24, 2.45) is 7.05 Å². The fraction of sp³-hybridized carbons (Fsp3) is 0.429. The maximum atomic E-state index is 12.8. The van der Waals surface area contributed by atoms with Gasteiger partial charge in [0.2, 0.25) is 15.9 Å². The zero-order chi connectivity index (χ0) is 21.2. The molecule has 156 valence electrons. The van der Waals surface area contributed by atoms with Crippen molar-refractivity contribution < 1.29 is 13.2 Å². The molecule has 2 heterocycles. The van der Waals surface area contributed by atoms with Crippen LogP contribution in [-0.4, -0.2) is 47.5 Å². The lowest BCUT2D eigenvalue weighted by atomic mass is 10.1. The summed E-state index contributed by atoms with van der Waals surface area (Å²) in [6.07, 6.45) is 4.49. The Hall–Kier alpha value is -2.45. The number of sulfonamides is 1. The monoisotopic (exact) mass is 416 g/mol. The third-order valence-electron chi connectivity index (χ3n) is 5.43. The van der Waals surface area contributed by atoms with Gasteiger partial charge in [-0.2, -0.15) is 9.40 Å². The van der Waals surface area contributed by atoms with Crippen molar-refractivity contribution in [1.82, 2.24) is 19.4 Å². The van der Waals surface area contributed by atoms with Crippen LogP contribution in [0.1, 0.15) is 35.4 Å². The van der Waals surface area contributed by atoms with Crippen molar-refractivity contribution in [1.29, 1.82) is 0 Å². The number of aryl methyl sites for hydroxylation is 3. The zero-order valence-corrected chi connectivity index (χ0v) is 18.2. The van der Waals surface area contributed by atoms with E-state index in [2.05, 4.69) is 10.4 Å². The SMILES string of the molecule is Cc1ccc(S(=O)(=O)N2CCC(NC(=O)C=Cc3c(C)nn(C)c3C)CC2)cc1. The summed E-state index contributed by atoms with van der Waals surface area (Å²) in [6.45, 7) is 6.59. The molecule has 8 heteroatoms. The second kappa shape index (κ2) is 8.51. The first-order chi connectivity index (χ1) is 13.7. The summed E-state index contributed by atoms with van der Waals surface area (Å²) in [5.41, 5.74) is 3.85. The van der Waals surface area contributed by atoms with E-state index in [1.807, 2.05) is 27.8 Å². The van der Waals surface area contributed by atoms with E-state index in [4.69, 9.17) is 0 Å². The fourth-order valence-electron chi connectivity index (χ4n) is 3.54. The first-order valence-corrected chi connectivity index (χ1v) is 11.2. The van der Waals surface area contributed by atoms with E-state index in [1.54, 1.807) is 35.0 Å². The Bertz CT molecular complexity index is 1010. The highest BCUT2D eigenvalue weighted by atomic mass is 32.2. The summed E-state index contributed by atoms with van der Waals surface area (Å²) in [4.78, 5) is 12.6. The number of aromatic nitrogens is 2. The van der Waals surface area contributed by atoms with Crippen LogP contribution in [0.2, 0.25) is 0 Å². The number of hydrogen-bond acceptors (Lipinski definition) is 4. The largest absolute Gasteiger partial charge is 0.350 e. The van der Waals surface area contributed by atoms with Gasteiger partial charge in [0.25, 0.3) is 0 Å². The highest BCUT2D eigenvalue weighted by Gasteiger charge is 2.29. The minimum absolute atomic E-state index is 0.0345. The molecule has 1 aliphatic heterocycles. The summed E-state index contributed by atoms with van der Waals surface area (Å²) in [5, 5.41) is 7.32. The molecule has 2 aromatic rings. The van der Waals surface area contributed by atoms with Gasteiger partial charge in [0, 0.05) is 43.5 Å². The van der Waals surface area contributed by atoms with E-state index >= 15 is 0 Å². The van der Waals surface area contributed by atoms with Crippen LogP contribution in [0.3, 0.4) is 0 Å².